The van der Waals surface area contributed by atoms with Crippen LogP contribution in [0, 0.1) is 73.5 Å². The minimum atomic E-state index is -4.07. The molecule has 0 aromatic heterocycles. The van der Waals surface area contributed by atoms with Gasteiger partial charge < -0.3 is 14.4 Å². The summed E-state index contributed by atoms with van der Waals surface area (Å²) < 4.78 is 32.2. The number of rotatable bonds is 8. The monoisotopic (exact) mass is 1140 g/mol. The first-order valence-corrected chi connectivity index (χ1v) is 33.0. The Morgan fingerprint density at radius 2 is 0.800 bits per heavy atom. The van der Waals surface area contributed by atoms with Crippen LogP contribution in [-0.2, 0) is 36.2 Å². The van der Waals surface area contributed by atoms with Crippen LogP contribution >= 0.6 is 24.8 Å². The van der Waals surface area contributed by atoms with Crippen molar-refractivity contribution in [1.82, 2.24) is 0 Å². The van der Waals surface area contributed by atoms with E-state index in [1.807, 2.05) is 0 Å². The number of hydrogen-bond donors (Lipinski definition) is 0. The van der Waals surface area contributed by atoms with E-state index in [0.717, 1.165) is 71.0 Å². The van der Waals surface area contributed by atoms with Gasteiger partial charge in [0.25, 0.3) is 0 Å². The molecule has 10 saturated carbocycles. The Labute approximate surface area is 479 Å². The second-order valence-electron chi connectivity index (χ2n) is 24.7. The zero-order valence-electron chi connectivity index (χ0n) is 44.7. The fourth-order valence-electron chi connectivity index (χ4n) is 17.4. The summed E-state index contributed by atoms with van der Waals surface area (Å²) in [6.07, 6.45) is 27.0. The van der Waals surface area contributed by atoms with Gasteiger partial charge in [0.2, 0.25) is 0 Å². The van der Waals surface area contributed by atoms with Crippen LogP contribution in [0.25, 0.3) is 43.8 Å². The fraction of sp³-hybridized carbons (Fsp3) is 0.529. The standard InChI is InChI=1S/2C32H37.C3H4F3.CH3.2ClH.Si.Zr/c2*1-2-5-24(6-3-1)25-9-11-26(12-10-25)30-8-4-7-27-14-23(20-32(27)30)19-31-28-15-21-13-22(17-28)18-29(31)16-21;1-2-3(4,5)6;;;;;/h2*4,7-12,14,20-22,24,28-29,31H,1-3,5-6,13,15-19H2;1-2H2;1H3;2*1H;;/q4*-1;;;;. The van der Waals surface area contributed by atoms with E-state index in [1.54, 1.807) is 35.1 Å². The number of hydrogen-bond acceptors (Lipinski definition) is 0. The minimum Gasteiger partial charge on any atom is -0.164 e. The van der Waals surface area contributed by atoms with Crippen molar-refractivity contribution >= 4 is 53.2 Å². The smallest absolute Gasteiger partial charge is 0.0162 e. The first-order valence-electron chi connectivity index (χ1n) is 28.8. The summed E-state index contributed by atoms with van der Waals surface area (Å²) in [7, 11) is 0. The Kier molecular flexibility index (Phi) is 20.5. The van der Waals surface area contributed by atoms with E-state index in [-0.39, 0.29) is 32.2 Å². The van der Waals surface area contributed by atoms with Gasteiger partial charge in [0, 0.05) is 0 Å². The van der Waals surface area contributed by atoms with Crippen molar-refractivity contribution in [3.05, 3.63) is 146 Å². The maximum Gasteiger partial charge on any atom is -0.0162 e. The van der Waals surface area contributed by atoms with Crippen molar-refractivity contribution in [2.24, 2.45) is 59.2 Å². The quantitative estimate of drug-likeness (QED) is 0.105. The van der Waals surface area contributed by atoms with Gasteiger partial charge >= 0.3 is 36.4 Å². The molecule has 7 heteroatoms. The van der Waals surface area contributed by atoms with Gasteiger partial charge in [-0.3, -0.25) is 0 Å². The Bertz CT molecular complexity index is 2490. The summed E-state index contributed by atoms with van der Waals surface area (Å²) >= 11 is 1.36. The minimum absolute atomic E-state index is 0. The van der Waals surface area contributed by atoms with Crippen molar-refractivity contribution in [3.63, 3.8) is 0 Å². The Hall–Kier alpha value is -2.43. The zero-order valence-corrected chi connectivity index (χ0v) is 49.8. The van der Waals surface area contributed by atoms with E-state index < -0.39 is 12.6 Å². The molecule has 10 fully saturated rings. The van der Waals surface area contributed by atoms with Gasteiger partial charge in [0.05, 0.1) is 0 Å². The van der Waals surface area contributed by atoms with Gasteiger partial charge in [-0.2, -0.15) is 25.3 Å². The predicted octanol–water partition coefficient (Wildman–Crippen LogP) is 20.5. The zero-order chi connectivity index (χ0) is 49.3. The van der Waals surface area contributed by atoms with Gasteiger partial charge in [-0.05, 0) is 196 Å². The van der Waals surface area contributed by atoms with Crippen molar-refractivity contribution < 1.29 is 36.5 Å². The van der Waals surface area contributed by atoms with Crippen molar-refractivity contribution in [3.8, 4) is 22.3 Å². The molecule has 0 atom stereocenters. The molecule has 0 N–H and O–H groups in total. The molecule has 6 aromatic rings. The van der Waals surface area contributed by atoms with Crippen molar-refractivity contribution in [2.75, 3.05) is 0 Å². The molecule has 16 rings (SSSR count). The van der Waals surface area contributed by atoms with E-state index in [4.69, 9.17) is 0 Å². The van der Waals surface area contributed by atoms with Gasteiger partial charge in [0.1, 0.15) is 0 Å². The Morgan fingerprint density at radius 3 is 1.11 bits per heavy atom. The van der Waals surface area contributed by atoms with Crippen LogP contribution < -0.4 is 0 Å². The third kappa shape index (κ3) is 13.4. The van der Waals surface area contributed by atoms with Crippen LogP contribution in [0.15, 0.2) is 109 Å². The molecule has 0 saturated heterocycles. The van der Waals surface area contributed by atoms with Crippen LogP contribution in [0.4, 0.5) is 13.2 Å². The normalized spacial score (nSPS) is 28.4. The molecule has 0 unspecified atom stereocenters. The summed E-state index contributed by atoms with van der Waals surface area (Å²) in [6.45, 7) is 5.69. The molecule has 0 amide bonds. The van der Waals surface area contributed by atoms with E-state index in [1.165, 1.54) is 196 Å². The van der Waals surface area contributed by atoms with Crippen LogP contribution in [0.3, 0.4) is 0 Å². The molecule has 402 valence electrons. The summed E-state index contributed by atoms with van der Waals surface area (Å²) in [5, 5.41) is 5.82. The van der Waals surface area contributed by atoms with Gasteiger partial charge in [-0.1, -0.05) is 117 Å². The molecule has 0 heterocycles. The molecular weight excluding hydrogens is 1060 g/mol. The number of alkyl halides is 3. The third-order valence-electron chi connectivity index (χ3n) is 20.3. The van der Waals surface area contributed by atoms with Crippen LogP contribution in [0.5, 0.6) is 0 Å². The first kappa shape index (κ1) is 58.7. The summed E-state index contributed by atoms with van der Waals surface area (Å²) in [6, 6.07) is 43.2. The topological polar surface area (TPSA) is 0 Å². The van der Waals surface area contributed by atoms with Crippen molar-refractivity contribution in [1.29, 1.82) is 0 Å². The molecule has 0 spiro atoms. The second kappa shape index (κ2) is 26.2. The molecule has 10 aliphatic rings. The summed E-state index contributed by atoms with van der Waals surface area (Å²) in [5.41, 5.74) is 12.0. The third-order valence-corrected chi connectivity index (χ3v) is 20.3. The molecule has 75 heavy (non-hydrogen) atoms. The summed E-state index contributed by atoms with van der Waals surface area (Å²) in [5.74, 6) is 11.9. The van der Waals surface area contributed by atoms with E-state index >= 15 is 0 Å². The largest absolute Gasteiger partial charge is 0.164 e. The van der Waals surface area contributed by atoms with Crippen LogP contribution in [0.1, 0.15) is 169 Å². The molecule has 8 bridgehead atoms. The molecule has 0 aliphatic heterocycles. The van der Waals surface area contributed by atoms with Gasteiger partial charge in [-0.25, -0.2) is 0 Å². The predicted molar refractivity (Wildman–Crippen MR) is 313 cm³/mol. The summed E-state index contributed by atoms with van der Waals surface area (Å²) in [4.78, 5) is 0. The number of halogens is 5. The van der Waals surface area contributed by atoms with Crippen LogP contribution in [0.2, 0.25) is 0 Å². The van der Waals surface area contributed by atoms with Gasteiger partial charge in [-0.15, -0.1) is 93.9 Å². The average Bonchev–Trinajstić information content (AvgIpc) is 4.03. The number of fused-ring (bicyclic) bond motifs is 2. The molecule has 2 radical (unpaired) electrons. The molecule has 0 nitrogen and oxygen atoms in total. The fourth-order valence-corrected chi connectivity index (χ4v) is 17.4. The first-order chi connectivity index (χ1) is 35.2. The van der Waals surface area contributed by atoms with E-state index in [0.29, 0.717) is 0 Å². The molecular formula is C68H83Cl2F3SiZr-4. The van der Waals surface area contributed by atoms with Gasteiger partial charge in [0.15, 0.2) is 0 Å². The Balaban J connectivity index is 0.000000169. The average molecular weight is 1150 g/mol. The maximum atomic E-state index is 10.7. The number of benzene rings is 4. The van der Waals surface area contributed by atoms with E-state index in [9.17, 15) is 13.2 Å². The van der Waals surface area contributed by atoms with Crippen molar-refractivity contribution in [2.45, 2.75) is 166 Å². The Morgan fingerprint density at radius 1 is 0.480 bits per heavy atom. The molecule has 6 aromatic carbocycles. The maximum absolute atomic E-state index is 10.7. The SMILES string of the molecule is Cl.Cl.[CH2-]CC(F)(F)F.[CH3-].[Si]=[Zr].c1cc(-c2ccc(C3CCCCC3)cc2)c2cc(CC3C4CC5CC(C4)CC3C5)[cH-]c2c1.c1cc(-c2ccc(C3CCCCC3)cc2)c2cc(CC3C4CC5CC(C4)CC3C5)[cH-]c2c1. The second-order valence-corrected chi connectivity index (χ2v) is 24.7. The van der Waals surface area contributed by atoms with Crippen LogP contribution in [-0.4, -0.2) is 13.1 Å². The molecule has 10 aliphatic carbocycles. The van der Waals surface area contributed by atoms with E-state index in [2.05, 4.69) is 123 Å².